The van der Waals surface area contributed by atoms with E-state index in [2.05, 4.69) is 39.2 Å². The molecule has 1 fully saturated rings. The third-order valence-corrected chi connectivity index (χ3v) is 4.03. The van der Waals surface area contributed by atoms with E-state index in [1.54, 1.807) is 0 Å². The number of nitrogens with one attached hydrogen (secondary N) is 1. The quantitative estimate of drug-likeness (QED) is 0.857. The van der Waals surface area contributed by atoms with Gasteiger partial charge in [0, 0.05) is 12.2 Å². The van der Waals surface area contributed by atoms with E-state index in [-0.39, 0.29) is 0 Å². The number of hydrogen-bond donors (Lipinski definition) is 1. The Hall–Kier alpha value is -0.570. The average Bonchev–Trinajstić information content (AvgIpc) is 2.25. The van der Waals surface area contributed by atoms with Crippen LogP contribution in [0.5, 0.6) is 0 Å². The SMILES string of the molecule is Cc1cnc(NC2CCCCCCC2)c(Br)c1. The molecule has 0 amide bonds. The molecule has 0 saturated heterocycles. The molecule has 1 aliphatic carbocycles. The molecule has 17 heavy (non-hydrogen) atoms. The van der Waals surface area contributed by atoms with Crippen molar-refractivity contribution in [3.8, 4) is 0 Å². The van der Waals surface area contributed by atoms with Crippen LogP contribution in [-0.4, -0.2) is 11.0 Å². The Morgan fingerprint density at radius 1 is 1.18 bits per heavy atom. The number of aryl methyl sites for hydroxylation is 1. The molecule has 3 heteroatoms. The van der Waals surface area contributed by atoms with E-state index < -0.39 is 0 Å². The van der Waals surface area contributed by atoms with E-state index in [4.69, 9.17) is 0 Å². The van der Waals surface area contributed by atoms with Crippen LogP contribution < -0.4 is 5.32 Å². The first-order valence-corrected chi connectivity index (χ1v) is 7.43. The first-order valence-electron chi connectivity index (χ1n) is 6.64. The molecule has 1 heterocycles. The molecule has 0 unspecified atom stereocenters. The third-order valence-electron chi connectivity index (χ3n) is 3.42. The second-order valence-electron chi connectivity index (χ2n) is 5.03. The van der Waals surface area contributed by atoms with Crippen molar-refractivity contribution in [2.24, 2.45) is 0 Å². The topological polar surface area (TPSA) is 24.9 Å². The first-order chi connectivity index (χ1) is 8.25. The molecule has 2 nitrogen and oxygen atoms in total. The third kappa shape index (κ3) is 3.98. The highest BCUT2D eigenvalue weighted by atomic mass is 79.9. The van der Waals surface area contributed by atoms with Gasteiger partial charge in [-0.05, 0) is 47.3 Å². The summed E-state index contributed by atoms with van der Waals surface area (Å²) >= 11 is 3.58. The molecule has 1 N–H and O–H groups in total. The van der Waals surface area contributed by atoms with Crippen LogP contribution in [0.15, 0.2) is 16.7 Å². The van der Waals surface area contributed by atoms with Gasteiger partial charge in [-0.15, -0.1) is 0 Å². The highest BCUT2D eigenvalue weighted by molar-refractivity contribution is 9.10. The maximum atomic E-state index is 4.47. The lowest BCUT2D eigenvalue weighted by Crippen LogP contribution is -2.21. The van der Waals surface area contributed by atoms with Crippen LogP contribution in [0.1, 0.15) is 50.5 Å². The zero-order valence-corrected chi connectivity index (χ0v) is 12.1. The first kappa shape index (κ1) is 12.9. The minimum atomic E-state index is 0.599. The van der Waals surface area contributed by atoms with Gasteiger partial charge in [-0.1, -0.05) is 32.1 Å². The fraction of sp³-hybridized carbons (Fsp3) is 0.643. The Kier molecular flexibility index (Phi) is 4.84. The van der Waals surface area contributed by atoms with E-state index >= 15 is 0 Å². The standard InChI is InChI=1S/C14H21BrN2/c1-11-9-13(15)14(16-10-11)17-12-7-5-3-2-4-6-8-12/h9-10,12H,2-8H2,1H3,(H,16,17). The Labute approximate surface area is 112 Å². The Bertz CT molecular complexity index is 357. The lowest BCUT2D eigenvalue weighted by molar-refractivity contribution is 0.470. The second kappa shape index (κ2) is 6.39. The van der Waals surface area contributed by atoms with Gasteiger partial charge in [-0.2, -0.15) is 0 Å². The highest BCUT2D eigenvalue weighted by Crippen LogP contribution is 2.25. The zero-order valence-electron chi connectivity index (χ0n) is 10.5. The van der Waals surface area contributed by atoms with E-state index in [1.807, 2.05) is 6.20 Å². The normalized spacial score (nSPS) is 18.5. The van der Waals surface area contributed by atoms with Crippen molar-refractivity contribution in [2.45, 2.75) is 57.9 Å². The number of rotatable bonds is 2. The molecular formula is C14H21BrN2. The summed E-state index contributed by atoms with van der Waals surface area (Å²) in [4.78, 5) is 4.47. The van der Waals surface area contributed by atoms with Crippen molar-refractivity contribution < 1.29 is 0 Å². The van der Waals surface area contributed by atoms with Gasteiger partial charge in [-0.3, -0.25) is 0 Å². The number of aromatic nitrogens is 1. The van der Waals surface area contributed by atoms with Gasteiger partial charge >= 0.3 is 0 Å². The molecule has 1 aliphatic rings. The summed E-state index contributed by atoms with van der Waals surface area (Å²) < 4.78 is 1.08. The van der Waals surface area contributed by atoms with Crippen LogP contribution in [0, 0.1) is 6.92 Å². The molecule has 0 aromatic carbocycles. The van der Waals surface area contributed by atoms with Crippen molar-refractivity contribution in [3.63, 3.8) is 0 Å². The Morgan fingerprint density at radius 2 is 1.82 bits per heavy atom. The van der Waals surface area contributed by atoms with E-state index in [9.17, 15) is 0 Å². The predicted molar refractivity (Wildman–Crippen MR) is 76.4 cm³/mol. The number of pyridine rings is 1. The largest absolute Gasteiger partial charge is 0.366 e. The average molecular weight is 297 g/mol. The number of anilines is 1. The van der Waals surface area contributed by atoms with Crippen LogP contribution in [-0.2, 0) is 0 Å². The van der Waals surface area contributed by atoms with E-state index in [1.165, 1.54) is 50.5 Å². The van der Waals surface area contributed by atoms with Crippen LogP contribution in [0.4, 0.5) is 5.82 Å². The molecule has 0 atom stereocenters. The van der Waals surface area contributed by atoms with Crippen molar-refractivity contribution in [2.75, 3.05) is 5.32 Å². The Morgan fingerprint density at radius 3 is 2.47 bits per heavy atom. The monoisotopic (exact) mass is 296 g/mol. The predicted octanol–water partition coefficient (Wildman–Crippen LogP) is 4.68. The van der Waals surface area contributed by atoms with Gasteiger partial charge in [0.1, 0.15) is 5.82 Å². The maximum Gasteiger partial charge on any atom is 0.140 e. The van der Waals surface area contributed by atoms with Crippen molar-refractivity contribution >= 4 is 21.7 Å². The van der Waals surface area contributed by atoms with Gasteiger partial charge in [0.15, 0.2) is 0 Å². The fourth-order valence-electron chi connectivity index (χ4n) is 2.43. The number of nitrogens with zero attached hydrogens (tertiary/aromatic N) is 1. The van der Waals surface area contributed by atoms with Crippen molar-refractivity contribution in [3.05, 3.63) is 22.3 Å². The summed E-state index contributed by atoms with van der Waals surface area (Å²) in [5, 5.41) is 3.59. The molecule has 94 valence electrons. The summed E-state index contributed by atoms with van der Waals surface area (Å²) in [5.41, 5.74) is 1.19. The molecule has 0 aliphatic heterocycles. The molecule has 0 radical (unpaired) electrons. The molecule has 1 aromatic heterocycles. The van der Waals surface area contributed by atoms with Gasteiger partial charge in [-0.25, -0.2) is 4.98 Å². The minimum Gasteiger partial charge on any atom is -0.366 e. The second-order valence-corrected chi connectivity index (χ2v) is 5.88. The molecule has 0 bridgehead atoms. The molecule has 2 rings (SSSR count). The molecule has 1 saturated carbocycles. The summed E-state index contributed by atoms with van der Waals surface area (Å²) in [6.45, 7) is 2.07. The Balaban J connectivity index is 1.98. The lowest BCUT2D eigenvalue weighted by atomic mass is 9.97. The van der Waals surface area contributed by atoms with E-state index in [0.29, 0.717) is 6.04 Å². The minimum absolute atomic E-state index is 0.599. The number of hydrogen-bond acceptors (Lipinski definition) is 2. The summed E-state index contributed by atoms with van der Waals surface area (Å²) in [5.74, 6) is 1.00. The van der Waals surface area contributed by atoms with Crippen LogP contribution in [0.25, 0.3) is 0 Å². The number of halogens is 1. The smallest absolute Gasteiger partial charge is 0.140 e. The molecule has 0 spiro atoms. The zero-order chi connectivity index (χ0) is 12.1. The molecule has 1 aromatic rings. The van der Waals surface area contributed by atoms with Gasteiger partial charge in [0.25, 0.3) is 0 Å². The van der Waals surface area contributed by atoms with Crippen molar-refractivity contribution in [1.29, 1.82) is 0 Å². The fourth-order valence-corrected chi connectivity index (χ4v) is 3.01. The summed E-state index contributed by atoms with van der Waals surface area (Å²) in [6, 6.07) is 2.72. The summed E-state index contributed by atoms with van der Waals surface area (Å²) in [7, 11) is 0. The van der Waals surface area contributed by atoms with Crippen LogP contribution >= 0.6 is 15.9 Å². The van der Waals surface area contributed by atoms with Crippen molar-refractivity contribution in [1.82, 2.24) is 4.98 Å². The van der Waals surface area contributed by atoms with Crippen LogP contribution in [0.3, 0.4) is 0 Å². The maximum absolute atomic E-state index is 4.47. The lowest BCUT2D eigenvalue weighted by Gasteiger charge is -2.22. The highest BCUT2D eigenvalue weighted by Gasteiger charge is 2.12. The summed E-state index contributed by atoms with van der Waals surface area (Å²) in [6.07, 6.45) is 11.4. The van der Waals surface area contributed by atoms with Crippen LogP contribution in [0.2, 0.25) is 0 Å². The van der Waals surface area contributed by atoms with Gasteiger partial charge in [0.05, 0.1) is 4.47 Å². The van der Waals surface area contributed by atoms with E-state index in [0.717, 1.165) is 10.3 Å². The molecular weight excluding hydrogens is 276 g/mol. The van der Waals surface area contributed by atoms with Gasteiger partial charge < -0.3 is 5.32 Å². The van der Waals surface area contributed by atoms with Gasteiger partial charge in [0.2, 0.25) is 0 Å².